The number of H-pyrrole nitrogens is 1. The number of aromatic nitrogens is 2. The van der Waals surface area contributed by atoms with Crippen LogP contribution in [0, 0.1) is 0 Å². The Labute approximate surface area is 157 Å². The van der Waals surface area contributed by atoms with Crippen LogP contribution in [0.5, 0.6) is 0 Å². The largest absolute Gasteiger partial charge is 0.379 e. The first kappa shape index (κ1) is 17.7. The lowest BCUT2D eigenvalue weighted by molar-refractivity contribution is -0.126. The van der Waals surface area contributed by atoms with E-state index in [1.54, 1.807) is 6.20 Å². The third-order valence-corrected chi connectivity index (χ3v) is 4.85. The van der Waals surface area contributed by atoms with Crippen molar-refractivity contribution in [3.63, 3.8) is 0 Å². The molecule has 1 saturated heterocycles. The summed E-state index contributed by atoms with van der Waals surface area (Å²) in [5.74, 6) is -0.00177. The highest BCUT2D eigenvalue weighted by atomic mass is 16.5. The molecular formula is C21H23N3O3. The quantitative estimate of drug-likeness (QED) is 0.704. The number of hydrogen-bond donors (Lipinski definition) is 2. The molecule has 2 N–H and O–H groups in total. The second-order valence-corrected chi connectivity index (χ2v) is 6.74. The van der Waals surface area contributed by atoms with Gasteiger partial charge in [0, 0.05) is 29.9 Å². The van der Waals surface area contributed by atoms with Gasteiger partial charge in [0.05, 0.1) is 31.4 Å². The van der Waals surface area contributed by atoms with E-state index in [0.29, 0.717) is 26.2 Å². The van der Waals surface area contributed by atoms with Gasteiger partial charge in [0.1, 0.15) is 6.10 Å². The molecule has 1 aliphatic heterocycles. The van der Waals surface area contributed by atoms with Gasteiger partial charge in [-0.25, -0.2) is 0 Å². The van der Waals surface area contributed by atoms with Gasteiger partial charge in [-0.05, 0) is 30.2 Å². The Hall–Kier alpha value is -2.70. The number of amides is 1. The molecule has 0 saturated carbocycles. The lowest BCUT2D eigenvalue weighted by Crippen LogP contribution is -2.50. The summed E-state index contributed by atoms with van der Waals surface area (Å²) in [6.45, 7) is 1.51. The predicted molar refractivity (Wildman–Crippen MR) is 102 cm³/mol. The van der Waals surface area contributed by atoms with E-state index in [-0.39, 0.29) is 18.1 Å². The van der Waals surface area contributed by atoms with Crippen LogP contribution in [0.1, 0.15) is 17.7 Å². The molecule has 0 unspecified atom stereocenters. The molecule has 1 aliphatic rings. The van der Waals surface area contributed by atoms with Gasteiger partial charge >= 0.3 is 0 Å². The molecule has 2 aromatic heterocycles. The Kier molecular flexibility index (Phi) is 5.46. The van der Waals surface area contributed by atoms with Crippen LogP contribution in [0.15, 0.2) is 54.9 Å². The normalized spacial score (nSPS) is 19.9. The van der Waals surface area contributed by atoms with E-state index in [4.69, 9.17) is 9.47 Å². The fraction of sp³-hybridized carbons (Fsp3) is 0.333. The third kappa shape index (κ3) is 4.35. The number of hydrogen-bond acceptors (Lipinski definition) is 4. The number of benzene rings is 1. The summed E-state index contributed by atoms with van der Waals surface area (Å²) in [7, 11) is 0. The Bertz CT molecular complexity index is 894. The van der Waals surface area contributed by atoms with Crippen molar-refractivity contribution in [2.75, 3.05) is 13.2 Å². The predicted octanol–water partition coefficient (Wildman–Crippen LogP) is 2.60. The average molecular weight is 365 g/mol. The van der Waals surface area contributed by atoms with Crippen molar-refractivity contribution in [1.29, 1.82) is 0 Å². The number of pyridine rings is 1. The number of rotatable bonds is 6. The highest BCUT2D eigenvalue weighted by Crippen LogP contribution is 2.19. The zero-order valence-corrected chi connectivity index (χ0v) is 15.1. The van der Waals surface area contributed by atoms with Gasteiger partial charge in [0.15, 0.2) is 0 Å². The Morgan fingerprint density at radius 2 is 2.15 bits per heavy atom. The monoisotopic (exact) mass is 365 g/mol. The third-order valence-electron chi connectivity index (χ3n) is 4.85. The molecule has 1 aromatic carbocycles. The maximum Gasteiger partial charge on any atom is 0.224 e. The second kappa shape index (κ2) is 8.33. The van der Waals surface area contributed by atoms with Crippen LogP contribution in [-0.2, 0) is 27.3 Å². The van der Waals surface area contributed by atoms with Crippen LogP contribution in [0.25, 0.3) is 10.9 Å². The van der Waals surface area contributed by atoms with Crippen LogP contribution < -0.4 is 5.32 Å². The van der Waals surface area contributed by atoms with E-state index in [9.17, 15) is 4.79 Å². The van der Waals surface area contributed by atoms with Crippen LogP contribution in [-0.4, -0.2) is 41.2 Å². The maximum atomic E-state index is 12.6. The van der Waals surface area contributed by atoms with Crippen LogP contribution in [0.3, 0.4) is 0 Å². The molecule has 0 spiro atoms. The number of nitrogens with zero attached hydrogens (tertiary/aromatic N) is 1. The number of para-hydroxylation sites is 1. The van der Waals surface area contributed by atoms with Gasteiger partial charge in [-0.3, -0.25) is 9.78 Å². The molecule has 3 aromatic rings. The van der Waals surface area contributed by atoms with Gasteiger partial charge in [-0.2, -0.15) is 0 Å². The fourth-order valence-electron chi connectivity index (χ4n) is 3.43. The van der Waals surface area contributed by atoms with Crippen molar-refractivity contribution in [3.8, 4) is 0 Å². The molecule has 27 heavy (non-hydrogen) atoms. The lowest BCUT2D eigenvalue weighted by Gasteiger charge is -2.32. The minimum atomic E-state index is -0.173. The first-order valence-corrected chi connectivity index (χ1v) is 9.23. The van der Waals surface area contributed by atoms with E-state index in [1.807, 2.05) is 48.7 Å². The van der Waals surface area contributed by atoms with Gasteiger partial charge in [0.2, 0.25) is 5.91 Å². The summed E-state index contributed by atoms with van der Waals surface area (Å²) in [6.07, 6.45) is 4.56. The summed E-state index contributed by atoms with van der Waals surface area (Å²) in [6, 6.07) is 13.7. The van der Waals surface area contributed by atoms with E-state index in [0.717, 1.165) is 28.6 Å². The van der Waals surface area contributed by atoms with Gasteiger partial charge in [0.25, 0.3) is 0 Å². The molecule has 140 valence electrons. The maximum absolute atomic E-state index is 12.6. The molecule has 1 fully saturated rings. The summed E-state index contributed by atoms with van der Waals surface area (Å²) in [4.78, 5) is 20.1. The van der Waals surface area contributed by atoms with Crippen molar-refractivity contribution in [1.82, 2.24) is 15.3 Å². The highest BCUT2D eigenvalue weighted by Gasteiger charge is 2.28. The van der Waals surface area contributed by atoms with Gasteiger partial charge in [-0.1, -0.05) is 24.3 Å². The summed E-state index contributed by atoms with van der Waals surface area (Å²) in [5, 5.41) is 4.22. The minimum absolute atomic E-state index is 0.00177. The second-order valence-electron chi connectivity index (χ2n) is 6.74. The van der Waals surface area contributed by atoms with Crippen molar-refractivity contribution in [3.05, 3.63) is 66.1 Å². The number of ether oxygens (including phenoxy) is 2. The molecular weight excluding hydrogens is 342 g/mol. The standard InChI is InChI=1S/C21H23N3O3/c25-21(11-15-12-23-18-7-2-1-6-17(15)18)24-19-8-10-26-14-20(19)27-13-16-5-3-4-9-22-16/h1-7,9,12,19-20,23H,8,10-11,13-14H2,(H,24,25)/t19-,20-/m1/s1. The first-order chi connectivity index (χ1) is 13.3. The average Bonchev–Trinajstić information content (AvgIpc) is 3.11. The minimum Gasteiger partial charge on any atom is -0.379 e. The SMILES string of the molecule is O=C(Cc1c[nH]c2ccccc12)N[C@@H]1CCOC[C@H]1OCc1ccccn1. The highest BCUT2D eigenvalue weighted by molar-refractivity contribution is 5.88. The number of carbonyl (C=O) groups is 1. The molecule has 0 aliphatic carbocycles. The van der Waals surface area contributed by atoms with Gasteiger partial charge < -0.3 is 19.8 Å². The molecule has 2 atom stereocenters. The molecule has 0 radical (unpaired) electrons. The number of fused-ring (bicyclic) bond motifs is 1. The van der Waals surface area contributed by atoms with Crippen LogP contribution in [0.4, 0.5) is 0 Å². The molecule has 6 nitrogen and oxygen atoms in total. The Balaban J connectivity index is 1.36. The molecule has 3 heterocycles. The number of carbonyl (C=O) groups excluding carboxylic acids is 1. The van der Waals surface area contributed by atoms with Gasteiger partial charge in [-0.15, -0.1) is 0 Å². The fourth-order valence-corrected chi connectivity index (χ4v) is 3.43. The zero-order valence-electron chi connectivity index (χ0n) is 15.1. The molecule has 6 heteroatoms. The summed E-state index contributed by atoms with van der Waals surface area (Å²) < 4.78 is 11.5. The Morgan fingerprint density at radius 1 is 1.26 bits per heavy atom. The molecule has 1 amide bonds. The van der Waals surface area contributed by atoms with Crippen molar-refractivity contribution < 1.29 is 14.3 Å². The molecule has 0 bridgehead atoms. The van der Waals surface area contributed by atoms with Crippen LogP contribution >= 0.6 is 0 Å². The van der Waals surface area contributed by atoms with Crippen molar-refractivity contribution in [2.45, 2.75) is 31.6 Å². The first-order valence-electron chi connectivity index (χ1n) is 9.23. The smallest absolute Gasteiger partial charge is 0.224 e. The van der Waals surface area contributed by atoms with E-state index in [2.05, 4.69) is 15.3 Å². The summed E-state index contributed by atoms with van der Waals surface area (Å²) >= 11 is 0. The van der Waals surface area contributed by atoms with E-state index in [1.165, 1.54) is 0 Å². The Morgan fingerprint density at radius 3 is 3.04 bits per heavy atom. The van der Waals surface area contributed by atoms with Crippen molar-refractivity contribution >= 4 is 16.8 Å². The lowest BCUT2D eigenvalue weighted by atomic mass is 10.0. The van der Waals surface area contributed by atoms with Crippen molar-refractivity contribution in [2.24, 2.45) is 0 Å². The summed E-state index contributed by atoms with van der Waals surface area (Å²) in [5.41, 5.74) is 2.91. The number of nitrogens with one attached hydrogen (secondary N) is 2. The topological polar surface area (TPSA) is 76.2 Å². The zero-order chi connectivity index (χ0) is 18.5. The van der Waals surface area contributed by atoms with Crippen LogP contribution in [0.2, 0.25) is 0 Å². The van der Waals surface area contributed by atoms with E-state index < -0.39 is 0 Å². The molecule has 4 rings (SSSR count). The number of aromatic amines is 1. The van der Waals surface area contributed by atoms with E-state index >= 15 is 0 Å².